The number of carbonyl (C=O) groups excluding carboxylic acids is 2. The number of halogens is 3. The molecule has 0 saturated carbocycles. The Balaban J connectivity index is 1.58. The topological polar surface area (TPSA) is 90.7 Å². The van der Waals surface area contributed by atoms with Gasteiger partial charge in [0, 0.05) is 50.7 Å². The summed E-state index contributed by atoms with van der Waals surface area (Å²) in [5.41, 5.74) is 1.55. The van der Waals surface area contributed by atoms with E-state index in [9.17, 15) is 23.5 Å². The van der Waals surface area contributed by atoms with Crippen LogP contribution in [0, 0.1) is 17.6 Å². The van der Waals surface area contributed by atoms with Gasteiger partial charge in [-0.2, -0.15) is 5.10 Å². The number of nitrogens with zero attached hydrogens (tertiary/aromatic N) is 4. The van der Waals surface area contributed by atoms with Crippen molar-refractivity contribution < 1.29 is 23.5 Å². The van der Waals surface area contributed by atoms with Gasteiger partial charge in [-0.1, -0.05) is 18.5 Å². The first-order valence-electron chi connectivity index (χ1n) is 10.4. The highest BCUT2D eigenvalue weighted by Crippen LogP contribution is 2.29. The second-order valence-electron chi connectivity index (χ2n) is 8.23. The van der Waals surface area contributed by atoms with Gasteiger partial charge in [0.15, 0.2) is 0 Å². The van der Waals surface area contributed by atoms with Crippen LogP contribution in [0.1, 0.15) is 35.1 Å². The van der Waals surface area contributed by atoms with E-state index in [-0.39, 0.29) is 29.1 Å². The fourth-order valence-corrected chi connectivity index (χ4v) is 4.42. The third-order valence-electron chi connectivity index (χ3n) is 6.07. The molecule has 2 N–H and O–H groups in total. The van der Waals surface area contributed by atoms with Crippen molar-refractivity contribution in [3.63, 3.8) is 0 Å². The Kier molecular flexibility index (Phi) is 6.09. The van der Waals surface area contributed by atoms with Crippen LogP contribution in [0.5, 0.6) is 0 Å². The molecule has 0 fully saturated rings. The number of hydrogen-bond acceptors (Lipinski definition) is 4. The molecule has 4 rings (SSSR count). The van der Waals surface area contributed by atoms with Crippen LogP contribution in [0.25, 0.3) is 0 Å². The van der Waals surface area contributed by atoms with Crippen LogP contribution in [-0.4, -0.2) is 62.9 Å². The summed E-state index contributed by atoms with van der Waals surface area (Å²) in [6.07, 6.45) is 0.436. The molecule has 1 aromatic heterocycles. The van der Waals surface area contributed by atoms with Crippen molar-refractivity contribution in [3.05, 3.63) is 45.7 Å². The first kappa shape index (κ1) is 22.5. The Morgan fingerprint density at radius 1 is 1.34 bits per heavy atom. The third kappa shape index (κ3) is 4.04. The minimum Gasteiger partial charge on any atom is -0.393 e. The molecule has 2 aliphatic rings. The van der Waals surface area contributed by atoms with Gasteiger partial charge in [0.25, 0.3) is 5.91 Å². The summed E-state index contributed by atoms with van der Waals surface area (Å²) >= 11 is 5.70. The number of hydrogen-bond donors (Lipinski definition) is 2. The number of urea groups is 1. The smallest absolute Gasteiger partial charge is 0.322 e. The molecule has 2 aliphatic heterocycles. The molecule has 0 saturated heterocycles. The Bertz CT molecular complexity index is 1080. The fourth-order valence-electron chi connectivity index (χ4n) is 4.26. The predicted molar refractivity (Wildman–Crippen MR) is 113 cm³/mol. The first-order chi connectivity index (χ1) is 15.2. The van der Waals surface area contributed by atoms with Gasteiger partial charge < -0.3 is 20.2 Å². The quantitative estimate of drug-likeness (QED) is 0.679. The maximum Gasteiger partial charge on any atom is 0.322 e. The van der Waals surface area contributed by atoms with E-state index in [1.54, 1.807) is 16.6 Å². The molecule has 3 amide bonds. The second-order valence-corrected chi connectivity index (χ2v) is 8.63. The van der Waals surface area contributed by atoms with Gasteiger partial charge in [0.05, 0.1) is 29.1 Å². The summed E-state index contributed by atoms with van der Waals surface area (Å²) in [7, 11) is 1.68. The highest BCUT2D eigenvalue weighted by atomic mass is 35.5. The molecule has 0 radical (unpaired) electrons. The first-order valence-corrected chi connectivity index (χ1v) is 10.8. The summed E-state index contributed by atoms with van der Waals surface area (Å²) in [5.74, 6) is -2.22. The lowest BCUT2D eigenvalue weighted by Crippen LogP contribution is -2.40. The second kappa shape index (κ2) is 8.67. The van der Waals surface area contributed by atoms with E-state index in [4.69, 9.17) is 11.6 Å². The Morgan fingerprint density at radius 3 is 2.81 bits per heavy atom. The van der Waals surface area contributed by atoms with Gasteiger partial charge >= 0.3 is 6.03 Å². The lowest BCUT2D eigenvalue weighted by molar-refractivity contribution is 0.0626. The summed E-state index contributed by atoms with van der Waals surface area (Å²) < 4.78 is 29.1. The highest BCUT2D eigenvalue weighted by Gasteiger charge is 2.36. The molecule has 11 heteroatoms. The SMILES string of the molecule is CC[C@@H](O)[C@@H]1CN(C)C(=O)c2c3c(nn2C1)CCN(C(=O)Nc1cc(Cl)c(F)cc1F)C3. The minimum atomic E-state index is -0.935. The number of carbonyl (C=O) groups is 2. The largest absolute Gasteiger partial charge is 0.393 e. The number of aliphatic hydroxyl groups excluding tert-OH is 1. The lowest BCUT2D eigenvalue weighted by Gasteiger charge is -2.28. The van der Waals surface area contributed by atoms with Gasteiger partial charge in [-0.25, -0.2) is 13.6 Å². The van der Waals surface area contributed by atoms with Crippen molar-refractivity contribution >= 4 is 29.2 Å². The van der Waals surface area contributed by atoms with Crippen LogP contribution >= 0.6 is 11.6 Å². The molecule has 8 nitrogen and oxygen atoms in total. The molecule has 32 heavy (non-hydrogen) atoms. The van der Waals surface area contributed by atoms with E-state index in [0.29, 0.717) is 49.8 Å². The van der Waals surface area contributed by atoms with E-state index in [2.05, 4.69) is 10.4 Å². The molecule has 0 aliphatic carbocycles. The molecule has 172 valence electrons. The Labute approximate surface area is 188 Å². The number of anilines is 1. The number of nitrogens with one attached hydrogen (secondary N) is 1. The lowest BCUT2D eigenvalue weighted by atomic mass is 10.0. The van der Waals surface area contributed by atoms with Crippen molar-refractivity contribution in [3.8, 4) is 0 Å². The molecule has 1 aromatic carbocycles. The standard InChI is InChI=1S/C21H24ClF2N5O3/c1-3-18(30)11-8-27(2)20(31)19-12-10-28(5-4-16(12)26-29(19)9-11)21(32)25-17-6-13(22)14(23)7-15(17)24/h6-7,11,18,30H,3-5,8-10H2,1-2H3,(H,25,32)/t11-,18-/m1/s1. The van der Waals surface area contributed by atoms with Gasteiger partial charge in [0.1, 0.15) is 17.3 Å². The summed E-state index contributed by atoms with van der Waals surface area (Å²) in [4.78, 5) is 28.8. The number of fused-ring (bicyclic) bond motifs is 3. The Hall–Kier alpha value is -2.72. The average molecular weight is 468 g/mol. The number of amides is 3. The summed E-state index contributed by atoms with van der Waals surface area (Å²) in [6.45, 7) is 3.13. The number of aromatic nitrogens is 2. The molecular formula is C21H24ClF2N5O3. The van der Waals surface area contributed by atoms with Crippen LogP contribution in [0.4, 0.5) is 19.3 Å². The van der Waals surface area contributed by atoms with Gasteiger partial charge in [-0.15, -0.1) is 0 Å². The van der Waals surface area contributed by atoms with Crippen LogP contribution < -0.4 is 5.32 Å². The van der Waals surface area contributed by atoms with Crippen LogP contribution in [0.3, 0.4) is 0 Å². The summed E-state index contributed by atoms with van der Waals surface area (Å²) in [5, 5.41) is 17.1. The zero-order chi connectivity index (χ0) is 23.2. The van der Waals surface area contributed by atoms with Crippen LogP contribution in [-0.2, 0) is 19.5 Å². The predicted octanol–water partition coefficient (Wildman–Crippen LogP) is 2.88. The number of benzene rings is 1. The van der Waals surface area contributed by atoms with Crippen molar-refractivity contribution in [2.45, 2.75) is 39.0 Å². The average Bonchev–Trinajstić information content (AvgIpc) is 3.06. The van der Waals surface area contributed by atoms with Crippen molar-refractivity contribution in [1.29, 1.82) is 0 Å². The van der Waals surface area contributed by atoms with E-state index in [1.165, 1.54) is 4.90 Å². The molecule has 0 spiro atoms. The highest BCUT2D eigenvalue weighted by molar-refractivity contribution is 6.31. The maximum atomic E-state index is 14.0. The van der Waals surface area contributed by atoms with E-state index in [1.807, 2.05) is 6.92 Å². The minimum absolute atomic E-state index is 0.119. The van der Waals surface area contributed by atoms with Crippen LogP contribution in [0.2, 0.25) is 5.02 Å². The molecular weight excluding hydrogens is 444 g/mol. The Morgan fingerprint density at radius 2 is 2.09 bits per heavy atom. The fraction of sp³-hybridized carbons (Fsp3) is 0.476. The van der Waals surface area contributed by atoms with E-state index in [0.717, 1.165) is 11.8 Å². The zero-order valence-electron chi connectivity index (χ0n) is 17.7. The van der Waals surface area contributed by atoms with E-state index >= 15 is 0 Å². The van der Waals surface area contributed by atoms with Crippen LogP contribution in [0.15, 0.2) is 12.1 Å². The molecule has 3 heterocycles. The number of rotatable bonds is 3. The molecule has 0 unspecified atom stereocenters. The summed E-state index contributed by atoms with van der Waals surface area (Å²) in [6, 6.07) is 1.04. The zero-order valence-corrected chi connectivity index (χ0v) is 18.5. The van der Waals surface area contributed by atoms with Crippen molar-refractivity contribution in [1.82, 2.24) is 19.6 Å². The monoisotopic (exact) mass is 467 g/mol. The molecule has 0 bridgehead atoms. The normalized spacial score (nSPS) is 19.3. The maximum absolute atomic E-state index is 14.0. The van der Waals surface area contributed by atoms with E-state index < -0.39 is 23.8 Å². The van der Waals surface area contributed by atoms with Gasteiger partial charge in [-0.05, 0) is 12.5 Å². The van der Waals surface area contributed by atoms with Crippen molar-refractivity contribution in [2.75, 3.05) is 25.5 Å². The van der Waals surface area contributed by atoms with Gasteiger partial charge in [0.2, 0.25) is 0 Å². The third-order valence-corrected chi connectivity index (χ3v) is 6.36. The number of aliphatic hydroxyl groups is 1. The van der Waals surface area contributed by atoms with Crippen molar-refractivity contribution in [2.24, 2.45) is 5.92 Å². The van der Waals surface area contributed by atoms with Gasteiger partial charge in [-0.3, -0.25) is 9.48 Å². The molecule has 2 atom stereocenters. The molecule has 2 aromatic rings.